The molecule has 0 radical (unpaired) electrons. The first kappa shape index (κ1) is 13.7. The molecular formula is C15H22N2O2. The number of rotatable bonds is 3. The minimum atomic E-state index is -0.376. The smallest absolute Gasteiger partial charge is 0.340 e. The molecule has 1 atom stereocenters. The Kier molecular flexibility index (Phi) is 3.98. The van der Waals surface area contributed by atoms with Gasteiger partial charge in [-0.2, -0.15) is 0 Å². The van der Waals surface area contributed by atoms with Gasteiger partial charge in [0.05, 0.1) is 24.0 Å². The molecule has 0 aromatic heterocycles. The Morgan fingerprint density at radius 2 is 2.21 bits per heavy atom. The van der Waals surface area contributed by atoms with Crippen molar-refractivity contribution >= 4 is 17.3 Å². The van der Waals surface area contributed by atoms with E-state index in [1.807, 2.05) is 12.1 Å². The maximum Gasteiger partial charge on any atom is 0.340 e. The average Bonchev–Trinajstić information content (AvgIpc) is 2.87. The van der Waals surface area contributed by atoms with Gasteiger partial charge in [-0.1, -0.05) is 19.9 Å². The summed E-state index contributed by atoms with van der Waals surface area (Å²) in [6.07, 6.45) is 1.18. The minimum Gasteiger partial charge on any atom is -0.465 e. The van der Waals surface area contributed by atoms with Crippen LogP contribution in [-0.4, -0.2) is 26.2 Å². The second kappa shape index (κ2) is 5.51. The first-order valence-electron chi connectivity index (χ1n) is 6.76. The van der Waals surface area contributed by atoms with Crippen LogP contribution in [-0.2, 0) is 4.74 Å². The molecule has 1 heterocycles. The van der Waals surface area contributed by atoms with Crippen molar-refractivity contribution in [2.24, 2.45) is 11.8 Å². The maximum atomic E-state index is 11.7. The molecule has 2 N–H and O–H groups in total. The molecule has 4 heteroatoms. The molecule has 0 bridgehead atoms. The molecule has 0 aliphatic carbocycles. The highest BCUT2D eigenvalue weighted by Gasteiger charge is 2.27. The summed E-state index contributed by atoms with van der Waals surface area (Å²) in [6, 6.07) is 5.55. The quantitative estimate of drug-likeness (QED) is 0.672. The van der Waals surface area contributed by atoms with Crippen molar-refractivity contribution in [1.82, 2.24) is 0 Å². The maximum absolute atomic E-state index is 11.7. The molecular weight excluding hydrogens is 240 g/mol. The molecule has 0 spiro atoms. The summed E-state index contributed by atoms with van der Waals surface area (Å²) in [7, 11) is 1.37. The third kappa shape index (κ3) is 2.67. The van der Waals surface area contributed by atoms with Crippen LogP contribution in [0.4, 0.5) is 11.4 Å². The average molecular weight is 262 g/mol. The Bertz CT molecular complexity index is 471. The van der Waals surface area contributed by atoms with E-state index < -0.39 is 0 Å². The van der Waals surface area contributed by atoms with Crippen LogP contribution in [0.15, 0.2) is 18.2 Å². The van der Waals surface area contributed by atoms with Crippen molar-refractivity contribution in [2.45, 2.75) is 20.3 Å². The van der Waals surface area contributed by atoms with E-state index in [4.69, 9.17) is 10.5 Å². The van der Waals surface area contributed by atoms with Crippen LogP contribution in [0.2, 0.25) is 0 Å². The zero-order valence-electron chi connectivity index (χ0n) is 11.8. The van der Waals surface area contributed by atoms with Crippen molar-refractivity contribution in [3.8, 4) is 0 Å². The van der Waals surface area contributed by atoms with Gasteiger partial charge in [0.1, 0.15) is 0 Å². The summed E-state index contributed by atoms with van der Waals surface area (Å²) < 4.78 is 4.76. The van der Waals surface area contributed by atoms with Crippen LogP contribution in [0, 0.1) is 11.8 Å². The number of nitrogen functional groups attached to an aromatic ring is 1. The number of nitrogens with zero attached hydrogens (tertiary/aromatic N) is 1. The van der Waals surface area contributed by atoms with Crippen LogP contribution in [0.25, 0.3) is 0 Å². The van der Waals surface area contributed by atoms with E-state index in [2.05, 4.69) is 18.7 Å². The fourth-order valence-corrected chi connectivity index (χ4v) is 2.67. The third-order valence-corrected chi connectivity index (χ3v) is 4.00. The van der Waals surface area contributed by atoms with E-state index in [0.717, 1.165) is 18.8 Å². The van der Waals surface area contributed by atoms with E-state index in [-0.39, 0.29) is 5.97 Å². The van der Waals surface area contributed by atoms with E-state index in [1.165, 1.54) is 13.5 Å². The predicted molar refractivity (Wildman–Crippen MR) is 77.4 cm³/mol. The Morgan fingerprint density at radius 1 is 1.47 bits per heavy atom. The van der Waals surface area contributed by atoms with Crippen LogP contribution in [0.3, 0.4) is 0 Å². The molecule has 1 aromatic carbocycles. The Labute approximate surface area is 114 Å². The van der Waals surface area contributed by atoms with Crippen LogP contribution >= 0.6 is 0 Å². The lowest BCUT2D eigenvalue weighted by atomic mass is 9.95. The standard InChI is InChI=1S/C15H22N2O2/c1-10(2)11-7-8-17(9-11)13-6-4-5-12(14(13)16)15(18)19-3/h4-6,10-11H,7-9,16H2,1-3H3. The number of carbonyl (C=O) groups excluding carboxylic acids is 1. The molecule has 0 amide bonds. The second-order valence-electron chi connectivity index (χ2n) is 5.47. The van der Waals surface area contributed by atoms with Crippen LogP contribution in [0.5, 0.6) is 0 Å². The summed E-state index contributed by atoms with van der Waals surface area (Å²) >= 11 is 0. The lowest BCUT2D eigenvalue weighted by Gasteiger charge is -2.22. The van der Waals surface area contributed by atoms with E-state index >= 15 is 0 Å². The van der Waals surface area contributed by atoms with Gasteiger partial charge in [0.15, 0.2) is 0 Å². The van der Waals surface area contributed by atoms with Gasteiger partial charge in [-0.05, 0) is 30.4 Å². The largest absolute Gasteiger partial charge is 0.465 e. The lowest BCUT2D eigenvalue weighted by molar-refractivity contribution is 0.0602. The monoisotopic (exact) mass is 262 g/mol. The van der Waals surface area contributed by atoms with Gasteiger partial charge in [-0.15, -0.1) is 0 Å². The Balaban J connectivity index is 2.24. The molecule has 4 nitrogen and oxygen atoms in total. The molecule has 1 saturated heterocycles. The molecule has 1 unspecified atom stereocenters. The van der Waals surface area contributed by atoms with Crippen molar-refractivity contribution < 1.29 is 9.53 Å². The normalized spacial score (nSPS) is 18.9. The van der Waals surface area contributed by atoms with Crippen molar-refractivity contribution in [3.05, 3.63) is 23.8 Å². The summed E-state index contributed by atoms with van der Waals surface area (Å²) in [5.41, 5.74) is 8.05. The fraction of sp³-hybridized carbons (Fsp3) is 0.533. The Hall–Kier alpha value is -1.71. The zero-order valence-corrected chi connectivity index (χ0v) is 11.8. The Morgan fingerprint density at radius 3 is 2.79 bits per heavy atom. The number of ether oxygens (including phenoxy) is 1. The van der Waals surface area contributed by atoms with Crippen molar-refractivity contribution in [3.63, 3.8) is 0 Å². The van der Waals surface area contributed by atoms with Gasteiger partial charge in [-0.25, -0.2) is 4.79 Å². The third-order valence-electron chi connectivity index (χ3n) is 4.00. The first-order chi connectivity index (χ1) is 9.04. The van der Waals surface area contributed by atoms with Crippen molar-refractivity contribution in [1.29, 1.82) is 0 Å². The van der Waals surface area contributed by atoms with E-state index in [1.54, 1.807) is 6.07 Å². The summed E-state index contributed by atoms with van der Waals surface area (Å²) in [4.78, 5) is 13.9. The summed E-state index contributed by atoms with van der Waals surface area (Å²) in [5.74, 6) is 0.996. The predicted octanol–water partition coefficient (Wildman–Crippen LogP) is 2.54. The highest BCUT2D eigenvalue weighted by atomic mass is 16.5. The highest BCUT2D eigenvalue weighted by molar-refractivity contribution is 5.98. The first-order valence-corrected chi connectivity index (χ1v) is 6.76. The van der Waals surface area contributed by atoms with Gasteiger partial charge >= 0.3 is 5.97 Å². The summed E-state index contributed by atoms with van der Waals surface area (Å²) in [6.45, 7) is 6.51. The fourth-order valence-electron chi connectivity index (χ4n) is 2.67. The van der Waals surface area contributed by atoms with Gasteiger partial charge < -0.3 is 15.4 Å². The van der Waals surface area contributed by atoms with Crippen LogP contribution < -0.4 is 10.6 Å². The van der Waals surface area contributed by atoms with Gasteiger partial charge in [0, 0.05) is 13.1 Å². The SMILES string of the molecule is COC(=O)c1cccc(N2CCC(C(C)C)C2)c1N. The molecule has 19 heavy (non-hydrogen) atoms. The topological polar surface area (TPSA) is 55.6 Å². The zero-order chi connectivity index (χ0) is 14.0. The number of esters is 1. The van der Waals surface area contributed by atoms with E-state index in [9.17, 15) is 4.79 Å². The molecule has 1 aliphatic rings. The lowest BCUT2D eigenvalue weighted by Crippen LogP contribution is -2.23. The molecule has 1 fully saturated rings. The second-order valence-corrected chi connectivity index (χ2v) is 5.47. The van der Waals surface area contributed by atoms with Gasteiger partial charge in [0.2, 0.25) is 0 Å². The van der Waals surface area contributed by atoms with Crippen LogP contribution in [0.1, 0.15) is 30.6 Å². The van der Waals surface area contributed by atoms with Gasteiger partial charge in [-0.3, -0.25) is 0 Å². The number of hydrogen-bond acceptors (Lipinski definition) is 4. The van der Waals surface area contributed by atoms with Gasteiger partial charge in [0.25, 0.3) is 0 Å². The number of para-hydroxylation sites is 1. The number of hydrogen-bond donors (Lipinski definition) is 1. The molecule has 1 aromatic rings. The number of carbonyl (C=O) groups is 1. The number of anilines is 2. The number of benzene rings is 1. The number of nitrogens with two attached hydrogens (primary N) is 1. The molecule has 0 saturated carbocycles. The van der Waals surface area contributed by atoms with Crippen molar-refractivity contribution in [2.75, 3.05) is 30.8 Å². The summed E-state index contributed by atoms with van der Waals surface area (Å²) in [5, 5.41) is 0. The molecule has 2 rings (SSSR count). The number of methoxy groups -OCH3 is 1. The highest BCUT2D eigenvalue weighted by Crippen LogP contribution is 2.33. The molecule has 1 aliphatic heterocycles. The molecule has 104 valence electrons. The van der Waals surface area contributed by atoms with E-state index in [0.29, 0.717) is 23.1 Å². The minimum absolute atomic E-state index is 0.376.